The molecule has 0 bridgehead atoms. The molecule has 7 heteroatoms. The van der Waals surface area contributed by atoms with Crippen LogP contribution in [-0.4, -0.2) is 33.9 Å². The van der Waals surface area contributed by atoms with Gasteiger partial charge in [0.1, 0.15) is 12.4 Å². The van der Waals surface area contributed by atoms with Gasteiger partial charge in [0, 0.05) is 13.1 Å². The Kier molecular flexibility index (Phi) is 7.80. The van der Waals surface area contributed by atoms with Crippen LogP contribution in [0.2, 0.25) is 0 Å². The minimum absolute atomic E-state index is 0.104. The molecule has 1 heterocycles. The lowest BCUT2D eigenvalue weighted by molar-refractivity contribution is 0.0768. The van der Waals surface area contributed by atoms with Crippen LogP contribution < -0.4 is 10.5 Å². The van der Waals surface area contributed by atoms with Crippen molar-refractivity contribution in [1.82, 2.24) is 14.9 Å². The second kappa shape index (κ2) is 9.87. The Labute approximate surface area is 175 Å². The lowest BCUT2D eigenvalue weighted by Gasteiger charge is -2.21. The van der Waals surface area contributed by atoms with E-state index in [0.29, 0.717) is 41.7 Å². The van der Waals surface area contributed by atoms with Crippen LogP contribution in [0.15, 0.2) is 22.7 Å². The first-order valence-electron chi connectivity index (χ1n) is 9.66. The molecule has 0 aliphatic carbocycles. The monoisotopic (exact) mass is 448 g/mol. The summed E-state index contributed by atoms with van der Waals surface area (Å²) in [5.41, 5.74) is 8.60. The lowest BCUT2D eigenvalue weighted by Crippen LogP contribution is -2.32. The van der Waals surface area contributed by atoms with Gasteiger partial charge in [0.2, 0.25) is 5.95 Å². The molecule has 0 saturated carbocycles. The number of hydrogen-bond acceptors (Lipinski definition) is 5. The van der Waals surface area contributed by atoms with Gasteiger partial charge in [0.25, 0.3) is 5.91 Å². The van der Waals surface area contributed by atoms with Gasteiger partial charge >= 0.3 is 0 Å². The minimum atomic E-state index is -0.104. The highest BCUT2D eigenvalue weighted by Crippen LogP contribution is 2.31. The fourth-order valence-corrected chi connectivity index (χ4v) is 3.54. The number of carbonyl (C=O) groups excluding carboxylic acids is 1. The number of carbonyl (C=O) groups is 1. The van der Waals surface area contributed by atoms with Gasteiger partial charge in [0.15, 0.2) is 0 Å². The van der Waals surface area contributed by atoms with Crippen LogP contribution in [-0.2, 0) is 6.61 Å². The van der Waals surface area contributed by atoms with Crippen LogP contribution in [0, 0.1) is 6.92 Å². The Bertz CT molecular complexity index is 837. The van der Waals surface area contributed by atoms with Gasteiger partial charge in [-0.2, -0.15) is 0 Å². The van der Waals surface area contributed by atoms with Crippen molar-refractivity contribution in [3.05, 3.63) is 45.2 Å². The molecule has 1 unspecified atom stereocenters. The number of benzene rings is 1. The first-order chi connectivity index (χ1) is 13.3. The molecule has 152 valence electrons. The predicted octanol–water partition coefficient (Wildman–Crippen LogP) is 4.70. The third kappa shape index (κ3) is 5.01. The van der Waals surface area contributed by atoms with Crippen LogP contribution in [0.4, 0.5) is 5.95 Å². The van der Waals surface area contributed by atoms with Crippen LogP contribution in [0.5, 0.6) is 5.75 Å². The zero-order valence-corrected chi connectivity index (χ0v) is 18.8. The van der Waals surface area contributed by atoms with E-state index in [0.717, 1.165) is 10.9 Å². The lowest BCUT2D eigenvalue weighted by atomic mass is 9.99. The van der Waals surface area contributed by atoms with E-state index in [1.165, 1.54) is 5.56 Å². The molecular formula is C21H29BrN4O2. The van der Waals surface area contributed by atoms with Crippen molar-refractivity contribution in [2.75, 3.05) is 18.8 Å². The topological polar surface area (TPSA) is 81.3 Å². The maximum atomic E-state index is 12.9. The number of aromatic nitrogens is 2. The normalized spacial score (nSPS) is 11.9. The number of halogens is 1. The largest absolute Gasteiger partial charge is 0.486 e. The summed E-state index contributed by atoms with van der Waals surface area (Å²) < 4.78 is 6.85. The highest BCUT2D eigenvalue weighted by atomic mass is 79.9. The third-order valence-electron chi connectivity index (χ3n) is 4.95. The number of nitrogens with two attached hydrogens (primary N) is 1. The van der Waals surface area contributed by atoms with Gasteiger partial charge in [-0.15, -0.1) is 0 Å². The number of nitrogen functional groups attached to an aromatic ring is 1. The molecule has 28 heavy (non-hydrogen) atoms. The Balaban J connectivity index is 2.30. The zero-order chi connectivity index (χ0) is 20.8. The van der Waals surface area contributed by atoms with Gasteiger partial charge in [0.05, 0.1) is 21.4 Å². The van der Waals surface area contributed by atoms with Gasteiger partial charge in [-0.1, -0.05) is 19.9 Å². The molecule has 0 spiro atoms. The molecule has 2 N–H and O–H groups in total. The van der Waals surface area contributed by atoms with Crippen molar-refractivity contribution >= 4 is 27.8 Å². The van der Waals surface area contributed by atoms with E-state index in [2.05, 4.69) is 51.9 Å². The number of amides is 1. The van der Waals surface area contributed by atoms with Crippen LogP contribution in [0.1, 0.15) is 67.3 Å². The SMILES string of the molecule is CCC(C)c1ccc(OCc2nc(N)nc(C)c2C(=O)N(CC)CC)c(Br)c1. The molecule has 0 aliphatic heterocycles. The fraction of sp³-hybridized carbons (Fsp3) is 0.476. The molecule has 2 aromatic rings. The highest BCUT2D eigenvalue weighted by molar-refractivity contribution is 9.10. The summed E-state index contributed by atoms with van der Waals surface area (Å²) in [5, 5.41) is 0. The second-order valence-corrected chi connectivity index (χ2v) is 7.61. The van der Waals surface area contributed by atoms with Crippen molar-refractivity contribution in [1.29, 1.82) is 0 Å². The summed E-state index contributed by atoms with van der Waals surface area (Å²) in [5.74, 6) is 1.21. The number of rotatable bonds is 8. The van der Waals surface area contributed by atoms with E-state index in [9.17, 15) is 4.79 Å². The summed E-state index contributed by atoms with van der Waals surface area (Å²) in [4.78, 5) is 23.1. The molecule has 2 rings (SSSR count). The molecular weight excluding hydrogens is 420 g/mol. The first-order valence-corrected chi connectivity index (χ1v) is 10.5. The quantitative estimate of drug-likeness (QED) is 0.632. The Morgan fingerprint density at radius 2 is 1.93 bits per heavy atom. The van der Waals surface area contributed by atoms with Gasteiger partial charge < -0.3 is 15.4 Å². The standard InChI is InChI=1S/C21H29BrN4O2/c1-6-13(4)15-9-10-18(16(22)11-15)28-12-17-19(14(5)24-21(23)25-17)20(27)26(7-2)8-3/h9-11,13H,6-8,12H2,1-5H3,(H2,23,24,25). The number of nitrogens with zero attached hydrogens (tertiary/aromatic N) is 3. The molecule has 0 radical (unpaired) electrons. The average Bonchev–Trinajstić information content (AvgIpc) is 2.66. The number of hydrogen-bond donors (Lipinski definition) is 1. The molecule has 1 atom stereocenters. The van der Waals surface area contributed by atoms with E-state index >= 15 is 0 Å². The summed E-state index contributed by atoms with van der Waals surface area (Å²) in [6.45, 7) is 11.4. The smallest absolute Gasteiger partial charge is 0.257 e. The maximum absolute atomic E-state index is 12.9. The summed E-state index contributed by atoms with van der Waals surface area (Å²) in [6.07, 6.45) is 1.07. The Morgan fingerprint density at radius 1 is 1.25 bits per heavy atom. The average molecular weight is 449 g/mol. The molecule has 1 aromatic heterocycles. The first kappa shape index (κ1) is 22.1. The second-order valence-electron chi connectivity index (χ2n) is 6.75. The number of aryl methyl sites for hydroxylation is 1. The van der Waals surface area contributed by atoms with E-state index in [4.69, 9.17) is 10.5 Å². The van der Waals surface area contributed by atoms with Crippen LogP contribution in [0.25, 0.3) is 0 Å². The molecule has 6 nitrogen and oxygen atoms in total. The van der Waals surface area contributed by atoms with Gasteiger partial charge in [-0.05, 0) is 66.7 Å². The van der Waals surface area contributed by atoms with E-state index in [1.54, 1.807) is 11.8 Å². The van der Waals surface area contributed by atoms with Crippen molar-refractivity contribution in [2.24, 2.45) is 0 Å². The molecule has 0 aliphatic rings. The number of ether oxygens (including phenoxy) is 1. The molecule has 0 saturated heterocycles. The zero-order valence-electron chi connectivity index (χ0n) is 17.3. The minimum Gasteiger partial charge on any atom is -0.486 e. The Morgan fingerprint density at radius 3 is 2.50 bits per heavy atom. The van der Waals surface area contributed by atoms with Crippen molar-refractivity contribution < 1.29 is 9.53 Å². The van der Waals surface area contributed by atoms with Crippen LogP contribution in [0.3, 0.4) is 0 Å². The van der Waals surface area contributed by atoms with Crippen LogP contribution >= 0.6 is 15.9 Å². The maximum Gasteiger partial charge on any atom is 0.257 e. The summed E-state index contributed by atoms with van der Waals surface area (Å²) in [6, 6.07) is 6.08. The Hall–Kier alpha value is -2.15. The predicted molar refractivity (Wildman–Crippen MR) is 116 cm³/mol. The highest BCUT2D eigenvalue weighted by Gasteiger charge is 2.22. The number of anilines is 1. The molecule has 0 fully saturated rings. The van der Waals surface area contributed by atoms with E-state index < -0.39 is 0 Å². The van der Waals surface area contributed by atoms with E-state index in [-0.39, 0.29) is 18.5 Å². The summed E-state index contributed by atoms with van der Waals surface area (Å²) in [7, 11) is 0. The van der Waals surface area contributed by atoms with Crippen molar-refractivity contribution in [3.8, 4) is 5.75 Å². The van der Waals surface area contributed by atoms with Crippen molar-refractivity contribution in [3.63, 3.8) is 0 Å². The summed E-state index contributed by atoms with van der Waals surface area (Å²) >= 11 is 3.58. The fourth-order valence-electron chi connectivity index (χ4n) is 3.03. The van der Waals surface area contributed by atoms with Gasteiger partial charge in [-0.3, -0.25) is 4.79 Å². The van der Waals surface area contributed by atoms with E-state index in [1.807, 2.05) is 19.9 Å². The van der Waals surface area contributed by atoms with Crippen molar-refractivity contribution in [2.45, 2.75) is 53.6 Å². The third-order valence-corrected chi connectivity index (χ3v) is 5.57. The molecule has 1 aromatic carbocycles. The molecule has 1 amide bonds. The van der Waals surface area contributed by atoms with Gasteiger partial charge in [-0.25, -0.2) is 9.97 Å².